The van der Waals surface area contributed by atoms with Crippen LogP contribution in [0.4, 0.5) is 0 Å². The number of hydrogen-bond donors (Lipinski definition) is 0. The maximum Gasteiger partial charge on any atom is -0.147 e. The van der Waals surface area contributed by atoms with Crippen molar-refractivity contribution in [3.05, 3.63) is 81.2 Å². The first-order valence-electron chi connectivity index (χ1n) is 7.99. The van der Waals surface area contributed by atoms with Crippen LogP contribution in [0.5, 0.6) is 0 Å². The summed E-state index contributed by atoms with van der Waals surface area (Å²) in [6.45, 7) is 4.74. The van der Waals surface area contributed by atoms with Crippen LogP contribution in [0, 0.1) is 0 Å². The summed E-state index contributed by atoms with van der Waals surface area (Å²) < 4.78 is 4.11. The number of rotatable bonds is 2. The summed E-state index contributed by atoms with van der Waals surface area (Å²) >= 11 is -1.87. The third-order valence-electron chi connectivity index (χ3n) is 4.78. The molecule has 3 heteroatoms. The molecule has 0 amide bonds. The largest absolute Gasteiger partial charge is 0.147 e. The van der Waals surface area contributed by atoms with Crippen LogP contribution in [0.15, 0.2) is 70.0 Å². The van der Waals surface area contributed by atoms with Gasteiger partial charge in [-0.3, -0.25) is 0 Å². The average Bonchev–Trinajstić information content (AvgIpc) is 3.16. The summed E-state index contributed by atoms with van der Waals surface area (Å²) in [5, 5.41) is 0. The van der Waals surface area contributed by atoms with Crippen LogP contribution < -0.4 is 0 Å². The minimum absolute atomic E-state index is 0. The molecule has 124 valence electrons. The molecule has 0 radical (unpaired) electrons. The van der Waals surface area contributed by atoms with Crippen molar-refractivity contribution in [3.63, 3.8) is 0 Å². The molecule has 2 aliphatic carbocycles. The zero-order valence-electron chi connectivity index (χ0n) is 14.0. The van der Waals surface area contributed by atoms with Gasteiger partial charge in [-0.05, 0) is 0 Å². The number of benzene rings is 2. The van der Waals surface area contributed by atoms with Crippen LogP contribution in [0.3, 0.4) is 0 Å². The smallest absolute Gasteiger partial charge is 0.147 e. The van der Waals surface area contributed by atoms with Crippen molar-refractivity contribution in [2.24, 2.45) is 0 Å². The fourth-order valence-electron chi connectivity index (χ4n) is 3.91. The molecule has 0 atom stereocenters. The number of halogens is 2. The Balaban J connectivity index is 0.00000104. The van der Waals surface area contributed by atoms with Crippen molar-refractivity contribution in [1.82, 2.24) is 0 Å². The SMILES string of the molecule is C[C](C)=[Zr]([C]1=CC=CC1)[CH]1c2ccccc2-c2ccccc21.Cl.Cl. The molecule has 2 aromatic rings. The Morgan fingerprint density at radius 2 is 1.42 bits per heavy atom. The Labute approximate surface area is 164 Å². The summed E-state index contributed by atoms with van der Waals surface area (Å²) in [4.78, 5) is 0. The molecule has 0 unspecified atom stereocenters. The molecule has 0 saturated carbocycles. The minimum atomic E-state index is -1.87. The molecule has 2 aromatic carbocycles. The first kappa shape index (κ1) is 19.6. The van der Waals surface area contributed by atoms with Gasteiger partial charge in [-0.15, -0.1) is 24.8 Å². The average molecular weight is 437 g/mol. The van der Waals surface area contributed by atoms with E-state index in [0.717, 1.165) is 0 Å². The van der Waals surface area contributed by atoms with E-state index in [1.54, 1.807) is 17.6 Å². The van der Waals surface area contributed by atoms with Gasteiger partial charge < -0.3 is 0 Å². The molecule has 0 spiro atoms. The second-order valence-corrected chi connectivity index (χ2v) is 13.8. The van der Waals surface area contributed by atoms with E-state index in [1.807, 2.05) is 0 Å². The predicted octanol–water partition coefficient (Wildman–Crippen LogP) is 6.27. The van der Waals surface area contributed by atoms with E-state index in [9.17, 15) is 0 Å². The molecular formula is C21H22Cl2Zr. The van der Waals surface area contributed by atoms with Crippen LogP contribution >= 0.6 is 24.8 Å². The van der Waals surface area contributed by atoms with Crippen molar-refractivity contribution in [1.29, 1.82) is 0 Å². The predicted molar refractivity (Wildman–Crippen MR) is 106 cm³/mol. The Bertz CT molecular complexity index is 797. The molecule has 0 heterocycles. The van der Waals surface area contributed by atoms with Gasteiger partial charge in [0.1, 0.15) is 0 Å². The molecule has 0 fully saturated rings. The van der Waals surface area contributed by atoms with Crippen molar-refractivity contribution in [2.45, 2.75) is 23.9 Å². The molecule has 0 N–H and O–H groups in total. The van der Waals surface area contributed by atoms with Gasteiger partial charge in [0, 0.05) is 0 Å². The van der Waals surface area contributed by atoms with Gasteiger partial charge >= 0.3 is 141 Å². The molecule has 0 aliphatic heterocycles. The van der Waals surface area contributed by atoms with Crippen LogP contribution in [0.2, 0.25) is 0 Å². The van der Waals surface area contributed by atoms with E-state index in [4.69, 9.17) is 0 Å². The summed E-state index contributed by atoms with van der Waals surface area (Å²) in [6.07, 6.45) is 8.17. The summed E-state index contributed by atoms with van der Waals surface area (Å²) in [5.74, 6) is 0. The molecule has 0 aromatic heterocycles. The number of fused-ring (bicyclic) bond motifs is 3. The van der Waals surface area contributed by atoms with Gasteiger partial charge in [0.25, 0.3) is 0 Å². The Morgan fingerprint density at radius 1 is 0.875 bits per heavy atom. The Hall–Kier alpha value is -0.747. The fraction of sp³-hybridized carbons (Fsp3) is 0.190. The molecule has 0 bridgehead atoms. The van der Waals surface area contributed by atoms with E-state index in [-0.39, 0.29) is 24.8 Å². The summed E-state index contributed by atoms with van der Waals surface area (Å²) in [6, 6.07) is 18.1. The standard InChI is InChI=1S/C13H9.C5H5.C3H6.2ClH.Zr/c1-3-7-12-10(5-1)9-11-6-2-4-8-13(11)12;1-2-4-5-3-1;1-3-2;;;/h1-9H;1-3H,4H2;1-2H3;2*1H;. The molecule has 24 heavy (non-hydrogen) atoms. The quantitative estimate of drug-likeness (QED) is 0.520. The second kappa shape index (κ2) is 8.09. The Morgan fingerprint density at radius 3 is 1.88 bits per heavy atom. The van der Waals surface area contributed by atoms with Crippen molar-refractivity contribution in [3.8, 4) is 11.1 Å². The van der Waals surface area contributed by atoms with E-state index in [1.165, 1.54) is 17.5 Å². The van der Waals surface area contributed by atoms with Crippen LogP contribution in [0.25, 0.3) is 11.1 Å². The molecular weight excluding hydrogens is 414 g/mol. The van der Waals surface area contributed by atoms with Gasteiger partial charge in [-0.2, -0.15) is 0 Å². The minimum Gasteiger partial charge on any atom is -0.147 e. The van der Waals surface area contributed by atoms with E-state index >= 15 is 0 Å². The van der Waals surface area contributed by atoms with Crippen molar-refractivity contribution >= 4 is 28.0 Å². The fourth-order valence-corrected chi connectivity index (χ4v) is 12.1. The molecule has 4 rings (SSSR count). The zero-order valence-corrected chi connectivity index (χ0v) is 18.0. The summed E-state index contributed by atoms with van der Waals surface area (Å²) in [7, 11) is 0. The van der Waals surface area contributed by atoms with E-state index in [2.05, 4.69) is 80.6 Å². The van der Waals surface area contributed by atoms with E-state index in [0.29, 0.717) is 3.63 Å². The topological polar surface area (TPSA) is 0 Å². The van der Waals surface area contributed by atoms with Gasteiger partial charge in [0.15, 0.2) is 0 Å². The monoisotopic (exact) mass is 434 g/mol. The third kappa shape index (κ3) is 3.19. The van der Waals surface area contributed by atoms with Crippen LogP contribution in [-0.2, 0) is 21.3 Å². The third-order valence-corrected chi connectivity index (χ3v) is 13.0. The van der Waals surface area contributed by atoms with Gasteiger partial charge in [-0.25, -0.2) is 0 Å². The van der Waals surface area contributed by atoms with Crippen LogP contribution in [-0.4, -0.2) is 3.21 Å². The molecule has 0 saturated heterocycles. The maximum absolute atomic E-state index is 2.41. The van der Waals surface area contributed by atoms with Crippen LogP contribution in [0.1, 0.15) is 35.0 Å². The molecule has 0 nitrogen and oxygen atoms in total. The van der Waals surface area contributed by atoms with Gasteiger partial charge in [0.05, 0.1) is 0 Å². The first-order chi connectivity index (χ1) is 10.8. The Kier molecular flexibility index (Phi) is 6.60. The zero-order chi connectivity index (χ0) is 15.1. The second-order valence-electron chi connectivity index (χ2n) is 6.35. The summed E-state index contributed by atoms with van der Waals surface area (Å²) in [5.41, 5.74) is 6.09. The maximum atomic E-state index is 2.41. The molecule has 2 aliphatic rings. The van der Waals surface area contributed by atoms with Gasteiger partial charge in [0.2, 0.25) is 0 Å². The number of allylic oxidation sites excluding steroid dienone is 4. The number of hydrogen-bond acceptors (Lipinski definition) is 0. The van der Waals surface area contributed by atoms with Crippen molar-refractivity contribution in [2.75, 3.05) is 0 Å². The van der Waals surface area contributed by atoms with Crippen molar-refractivity contribution < 1.29 is 21.3 Å². The first-order valence-corrected chi connectivity index (χ1v) is 11.9. The normalized spacial score (nSPS) is 14.2. The van der Waals surface area contributed by atoms with E-state index < -0.39 is 21.3 Å². The van der Waals surface area contributed by atoms with Gasteiger partial charge in [-0.1, -0.05) is 0 Å².